The van der Waals surface area contributed by atoms with Crippen molar-refractivity contribution in [2.24, 2.45) is 0 Å². The summed E-state index contributed by atoms with van der Waals surface area (Å²) in [4.78, 5) is 34.8. The van der Waals surface area contributed by atoms with Gasteiger partial charge in [0, 0.05) is 12.8 Å². The molecule has 0 aliphatic heterocycles. The molecule has 0 aromatic carbocycles. The number of ether oxygens (including phenoxy) is 2. The standard InChI is InChI=1S/C43H73O10P/c1-3-5-7-9-11-13-15-17-18-19-20-21-22-23-25-26-28-30-32-34-42(46)50-38-41(39-52-54(48,49)51-37-40(45)36-44)53-43(47)35-33-31-29-27-24-16-14-12-10-8-6-4-2/h5,7,11,13,17-18,20-21,23,25,28,30,40-41,44-45H,3-4,6,8-10,12,14-16,19,22,24,26-27,29,31-39H2,1-2H3,(H,48,49)/b7-5-,13-11-,18-17-,21-20-,25-23-,30-28-/t40-,41+/m0/s1. The summed E-state index contributed by atoms with van der Waals surface area (Å²) >= 11 is 0. The van der Waals surface area contributed by atoms with E-state index in [1.165, 1.54) is 51.4 Å². The predicted octanol–water partition coefficient (Wildman–Crippen LogP) is 10.5. The second-order valence-corrected chi connectivity index (χ2v) is 14.7. The summed E-state index contributed by atoms with van der Waals surface area (Å²) in [5.41, 5.74) is 0. The molecule has 0 bridgehead atoms. The second kappa shape index (κ2) is 38.7. The van der Waals surface area contributed by atoms with Gasteiger partial charge in [-0.3, -0.25) is 18.6 Å². The van der Waals surface area contributed by atoms with Gasteiger partial charge in [-0.1, -0.05) is 157 Å². The van der Waals surface area contributed by atoms with Crippen molar-refractivity contribution in [1.82, 2.24) is 0 Å². The van der Waals surface area contributed by atoms with Crippen LogP contribution in [0.3, 0.4) is 0 Å². The predicted molar refractivity (Wildman–Crippen MR) is 219 cm³/mol. The number of carbonyl (C=O) groups is 2. The summed E-state index contributed by atoms with van der Waals surface area (Å²) in [6, 6.07) is 0. The van der Waals surface area contributed by atoms with E-state index in [1.54, 1.807) is 0 Å². The molecule has 0 aromatic rings. The van der Waals surface area contributed by atoms with Gasteiger partial charge in [0.1, 0.15) is 12.7 Å². The Hall–Kier alpha value is -2.59. The van der Waals surface area contributed by atoms with E-state index in [0.717, 1.165) is 57.8 Å². The van der Waals surface area contributed by atoms with Crippen LogP contribution in [-0.4, -0.2) is 65.7 Å². The Balaban J connectivity index is 4.45. The number of hydrogen-bond donors (Lipinski definition) is 3. The average molecular weight is 781 g/mol. The van der Waals surface area contributed by atoms with E-state index in [2.05, 4.69) is 79.1 Å². The Labute approximate surface area is 327 Å². The lowest BCUT2D eigenvalue weighted by atomic mass is 10.0. The van der Waals surface area contributed by atoms with E-state index >= 15 is 0 Å². The lowest BCUT2D eigenvalue weighted by molar-refractivity contribution is -0.161. The summed E-state index contributed by atoms with van der Waals surface area (Å²) in [6.07, 6.45) is 43.1. The number of unbranched alkanes of at least 4 members (excludes halogenated alkanes) is 11. The zero-order valence-electron chi connectivity index (χ0n) is 33.4. The first kappa shape index (κ1) is 51.4. The molecule has 54 heavy (non-hydrogen) atoms. The lowest BCUT2D eigenvalue weighted by Gasteiger charge is -2.20. The van der Waals surface area contributed by atoms with E-state index in [9.17, 15) is 24.2 Å². The molecule has 11 heteroatoms. The van der Waals surface area contributed by atoms with Gasteiger partial charge in [-0.05, 0) is 51.4 Å². The molecule has 10 nitrogen and oxygen atoms in total. The highest BCUT2D eigenvalue weighted by molar-refractivity contribution is 7.47. The molecule has 310 valence electrons. The van der Waals surface area contributed by atoms with Crippen molar-refractivity contribution in [3.63, 3.8) is 0 Å². The van der Waals surface area contributed by atoms with Crippen molar-refractivity contribution in [2.75, 3.05) is 26.4 Å². The van der Waals surface area contributed by atoms with Crippen LogP contribution in [0, 0.1) is 0 Å². The van der Waals surface area contributed by atoms with Crippen molar-refractivity contribution in [3.8, 4) is 0 Å². The quantitative estimate of drug-likeness (QED) is 0.0241. The minimum absolute atomic E-state index is 0.114. The smallest absolute Gasteiger partial charge is 0.462 e. The summed E-state index contributed by atoms with van der Waals surface area (Å²) in [5.74, 6) is -1.03. The molecular formula is C43H73O10P. The van der Waals surface area contributed by atoms with Gasteiger partial charge in [0.05, 0.1) is 19.8 Å². The summed E-state index contributed by atoms with van der Waals surface area (Å²) < 4.78 is 32.5. The third kappa shape index (κ3) is 37.7. The number of rotatable bonds is 37. The molecule has 0 fully saturated rings. The summed E-state index contributed by atoms with van der Waals surface area (Å²) in [6.45, 7) is 2.15. The summed E-state index contributed by atoms with van der Waals surface area (Å²) in [7, 11) is -4.63. The van der Waals surface area contributed by atoms with Gasteiger partial charge in [-0.2, -0.15) is 0 Å². The van der Waals surface area contributed by atoms with Crippen molar-refractivity contribution < 1.29 is 47.8 Å². The molecule has 0 amide bonds. The summed E-state index contributed by atoms with van der Waals surface area (Å²) in [5, 5.41) is 18.3. The van der Waals surface area contributed by atoms with Crippen LogP contribution in [0.4, 0.5) is 0 Å². The second-order valence-electron chi connectivity index (χ2n) is 13.3. The average Bonchev–Trinajstić information content (AvgIpc) is 3.16. The molecule has 0 spiro atoms. The third-order valence-electron chi connectivity index (χ3n) is 8.14. The molecule has 3 atom stereocenters. The topological polar surface area (TPSA) is 149 Å². The minimum atomic E-state index is -4.63. The Morgan fingerprint density at radius 2 is 1.02 bits per heavy atom. The van der Waals surface area contributed by atoms with Crippen LogP contribution in [0.5, 0.6) is 0 Å². The van der Waals surface area contributed by atoms with Gasteiger partial charge in [-0.25, -0.2) is 4.57 Å². The van der Waals surface area contributed by atoms with Crippen LogP contribution >= 0.6 is 7.82 Å². The molecule has 0 aliphatic rings. The van der Waals surface area contributed by atoms with Crippen LogP contribution in [0.2, 0.25) is 0 Å². The Morgan fingerprint density at radius 1 is 0.574 bits per heavy atom. The number of esters is 2. The number of aliphatic hydroxyl groups is 2. The number of phosphoric acid groups is 1. The Bertz CT molecular complexity index is 1130. The van der Waals surface area contributed by atoms with E-state index in [0.29, 0.717) is 12.8 Å². The monoisotopic (exact) mass is 780 g/mol. The third-order valence-corrected chi connectivity index (χ3v) is 9.09. The molecule has 0 saturated carbocycles. The molecule has 0 heterocycles. The fourth-order valence-electron chi connectivity index (χ4n) is 5.02. The van der Waals surface area contributed by atoms with Crippen molar-refractivity contribution >= 4 is 19.8 Å². The molecule has 0 aromatic heterocycles. The lowest BCUT2D eigenvalue weighted by Crippen LogP contribution is -2.29. The van der Waals surface area contributed by atoms with E-state index in [-0.39, 0.29) is 19.4 Å². The maximum absolute atomic E-state index is 12.6. The SMILES string of the molecule is CC/C=C\C/C=C\C/C=C\C/C=C\C/C=C\C/C=C\CCC(=O)OC[C@H](COP(=O)(O)OC[C@@H](O)CO)OC(=O)CCCCCCCCCCCCCC. The number of carbonyl (C=O) groups excluding carboxylic acids is 2. The molecule has 0 aliphatic carbocycles. The first-order valence-electron chi connectivity index (χ1n) is 20.4. The first-order chi connectivity index (χ1) is 26.2. The molecular weight excluding hydrogens is 707 g/mol. The fraction of sp³-hybridized carbons (Fsp3) is 0.674. The van der Waals surface area contributed by atoms with E-state index in [4.69, 9.17) is 19.1 Å². The molecule has 0 saturated heterocycles. The maximum atomic E-state index is 12.6. The minimum Gasteiger partial charge on any atom is -0.462 e. The highest BCUT2D eigenvalue weighted by Crippen LogP contribution is 2.43. The number of allylic oxidation sites excluding steroid dienone is 12. The highest BCUT2D eigenvalue weighted by atomic mass is 31.2. The molecule has 0 radical (unpaired) electrons. The van der Waals surface area contributed by atoms with Crippen LogP contribution < -0.4 is 0 Å². The Morgan fingerprint density at radius 3 is 1.50 bits per heavy atom. The zero-order chi connectivity index (χ0) is 39.8. The van der Waals surface area contributed by atoms with E-state index < -0.39 is 51.8 Å². The van der Waals surface area contributed by atoms with E-state index in [1.807, 2.05) is 12.2 Å². The van der Waals surface area contributed by atoms with Gasteiger partial charge in [0.15, 0.2) is 6.10 Å². The van der Waals surface area contributed by atoms with Crippen molar-refractivity contribution in [3.05, 3.63) is 72.9 Å². The van der Waals surface area contributed by atoms with Crippen molar-refractivity contribution in [2.45, 2.75) is 161 Å². The zero-order valence-corrected chi connectivity index (χ0v) is 34.3. The van der Waals surface area contributed by atoms with Gasteiger partial charge in [-0.15, -0.1) is 0 Å². The van der Waals surface area contributed by atoms with Gasteiger partial charge >= 0.3 is 19.8 Å². The number of aliphatic hydroxyl groups excluding tert-OH is 2. The van der Waals surface area contributed by atoms with Crippen LogP contribution in [0.15, 0.2) is 72.9 Å². The van der Waals surface area contributed by atoms with Crippen LogP contribution in [-0.2, 0) is 32.7 Å². The molecule has 1 unspecified atom stereocenters. The van der Waals surface area contributed by atoms with Crippen molar-refractivity contribution in [1.29, 1.82) is 0 Å². The molecule has 3 N–H and O–H groups in total. The van der Waals surface area contributed by atoms with Crippen LogP contribution in [0.25, 0.3) is 0 Å². The van der Waals surface area contributed by atoms with Gasteiger partial charge in [0.2, 0.25) is 0 Å². The normalized spacial score (nSPS) is 14.7. The number of phosphoric ester groups is 1. The fourth-order valence-corrected chi connectivity index (χ4v) is 5.81. The first-order valence-corrected chi connectivity index (χ1v) is 21.9. The Kier molecular flexibility index (Phi) is 36.8. The number of hydrogen-bond acceptors (Lipinski definition) is 9. The largest absolute Gasteiger partial charge is 0.472 e. The van der Waals surface area contributed by atoms with Gasteiger partial charge in [0.25, 0.3) is 0 Å². The van der Waals surface area contributed by atoms with Crippen LogP contribution in [0.1, 0.15) is 149 Å². The maximum Gasteiger partial charge on any atom is 0.472 e. The van der Waals surface area contributed by atoms with Gasteiger partial charge < -0.3 is 24.6 Å². The highest BCUT2D eigenvalue weighted by Gasteiger charge is 2.27. The molecule has 0 rings (SSSR count).